The van der Waals surface area contributed by atoms with Gasteiger partial charge in [-0.25, -0.2) is 4.79 Å². The zero-order chi connectivity index (χ0) is 9.14. The maximum absolute atomic E-state index is 10.9. The predicted octanol–water partition coefficient (Wildman–Crippen LogP) is 0.0192. The van der Waals surface area contributed by atoms with E-state index in [0.717, 1.165) is 0 Å². The molecule has 0 bridgehead atoms. The predicted molar refractivity (Wildman–Crippen MR) is 39.9 cm³/mol. The number of aromatic nitrogens is 2. The fourth-order valence-corrected chi connectivity index (χ4v) is 0.848. The third kappa shape index (κ3) is 1.34. The van der Waals surface area contributed by atoms with Crippen LogP contribution in [0.3, 0.4) is 0 Å². The summed E-state index contributed by atoms with van der Waals surface area (Å²) in [4.78, 5) is 21.3. The summed E-state index contributed by atoms with van der Waals surface area (Å²) in [6.07, 6.45) is 2.03. The van der Waals surface area contributed by atoms with Crippen molar-refractivity contribution in [3.05, 3.63) is 17.5 Å². The molecule has 0 aliphatic heterocycles. The fraction of sp³-hybridized carbons (Fsp3) is 0.286. The fourth-order valence-electron chi connectivity index (χ4n) is 0.848. The van der Waals surface area contributed by atoms with Crippen LogP contribution in [0.4, 0.5) is 0 Å². The van der Waals surface area contributed by atoms with E-state index < -0.39 is 5.97 Å². The van der Waals surface area contributed by atoms with Crippen molar-refractivity contribution >= 4 is 12.3 Å². The van der Waals surface area contributed by atoms with Crippen molar-refractivity contribution in [3.8, 4) is 0 Å². The lowest BCUT2D eigenvalue weighted by atomic mass is 10.3. The standard InChI is InChI=1S/C7H8N2O3/c1-9-3-5(4-10)6(8-9)7(11)12-2/h3-4H,1-2H3. The molecule has 5 heteroatoms. The Morgan fingerprint density at radius 2 is 2.42 bits per heavy atom. The molecule has 0 spiro atoms. The van der Waals surface area contributed by atoms with Gasteiger partial charge >= 0.3 is 5.97 Å². The van der Waals surface area contributed by atoms with E-state index in [1.165, 1.54) is 18.0 Å². The normalized spacial score (nSPS) is 9.50. The number of methoxy groups -OCH3 is 1. The molecule has 12 heavy (non-hydrogen) atoms. The lowest BCUT2D eigenvalue weighted by Gasteiger charge is -1.92. The number of aldehydes is 1. The van der Waals surface area contributed by atoms with Crippen LogP contribution in [0.15, 0.2) is 6.20 Å². The smallest absolute Gasteiger partial charge is 0.359 e. The van der Waals surface area contributed by atoms with Gasteiger partial charge in [-0.05, 0) is 0 Å². The summed E-state index contributed by atoms with van der Waals surface area (Å²) in [6.45, 7) is 0. The number of carbonyl (C=O) groups excluding carboxylic acids is 2. The van der Waals surface area contributed by atoms with E-state index >= 15 is 0 Å². The van der Waals surface area contributed by atoms with Gasteiger partial charge in [0.1, 0.15) is 0 Å². The lowest BCUT2D eigenvalue weighted by molar-refractivity contribution is 0.0591. The maximum atomic E-state index is 10.9. The molecule has 0 unspecified atom stereocenters. The molecule has 0 aliphatic carbocycles. The minimum atomic E-state index is -0.599. The number of nitrogens with zero attached hydrogens (tertiary/aromatic N) is 2. The first kappa shape index (κ1) is 8.45. The first-order valence-corrected chi connectivity index (χ1v) is 3.26. The molecule has 1 rings (SSSR count). The zero-order valence-corrected chi connectivity index (χ0v) is 6.77. The van der Waals surface area contributed by atoms with Gasteiger partial charge in [0.2, 0.25) is 0 Å². The van der Waals surface area contributed by atoms with Gasteiger partial charge in [0.25, 0.3) is 0 Å². The Balaban J connectivity index is 3.12. The van der Waals surface area contributed by atoms with Gasteiger partial charge in [-0.3, -0.25) is 9.48 Å². The zero-order valence-electron chi connectivity index (χ0n) is 6.77. The van der Waals surface area contributed by atoms with Crippen LogP contribution in [0.5, 0.6) is 0 Å². The SMILES string of the molecule is COC(=O)c1nn(C)cc1C=O. The number of esters is 1. The van der Waals surface area contributed by atoms with Gasteiger partial charge in [0.05, 0.1) is 12.7 Å². The van der Waals surface area contributed by atoms with Crippen molar-refractivity contribution < 1.29 is 14.3 Å². The molecule has 0 aliphatic rings. The molecule has 5 nitrogen and oxygen atoms in total. The number of rotatable bonds is 2. The Kier molecular flexibility index (Phi) is 2.23. The summed E-state index contributed by atoms with van der Waals surface area (Å²) in [5.41, 5.74) is 0.291. The Bertz CT molecular complexity index is 316. The monoisotopic (exact) mass is 168 g/mol. The summed E-state index contributed by atoms with van der Waals surface area (Å²) >= 11 is 0. The summed E-state index contributed by atoms with van der Waals surface area (Å²) in [7, 11) is 2.87. The second-order valence-electron chi connectivity index (χ2n) is 2.22. The Hall–Kier alpha value is -1.65. The molecule has 1 aromatic rings. The van der Waals surface area contributed by atoms with Gasteiger partial charge in [-0.1, -0.05) is 0 Å². The van der Waals surface area contributed by atoms with Crippen molar-refractivity contribution in [2.75, 3.05) is 7.11 Å². The highest BCUT2D eigenvalue weighted by Gasteiger charge is 2.15. The van der Waals surface area contributed by atoms with Crippen LogP contribution in [-0.2, 0) is 11.8 Å². The molecule has 1 heterocycles. The molecule has 0 aromatic carbocycles. The van der Waals surface area contributed by atoms with Crippen LogP contribution < -0.4 is 0 Å². The van der Waals surface area contributed by atoms with Crippen LogP contribution in [0.1, 0.15) is 20.8 Å². The number of aryl methyl sites for hydroxylation is 1. The average molecular weight is 168 g/mol. The number of hydrogen-bond acceptors (Lipinski definition) is 4. The molecule has 1 aromatic heterocycles. The number of ether oxygens (including phenoxy) is 1. The molecule has 0 N–H and O–H groups in total. The quantitative estimate of drug-likeness (QED) is 0.461. The summed E-state index contributed by atoms with van der Waals surface area (Å²) in [5.74, 6) is -0.599. The first-order chi connectivity index (χ1) is 5.69. The van der Waals surface area contributed by atoms with Gasteiger partial charge < -0.3 is 4.74 Å². The van der Waals surface area contributed by atoms with E-state index in [2.05, 4.69) is 9.84 Å². The molecule has 0 saturated carbocycles. The van der Waals surface area contributed by atoms with E-state index in [1.54, 1.807) is 7.05 Å². The van der Waals surface area contributed by atoms with Gasteiger partial charge in [0.15, 0.2) is 12.0 Å². The second kappa shape index (κ2) is 3.17. The highest BCUT2D eigenvalue weighted by molar-refractivity contribution is 5.96. The topological polar surface area (TPSA) is 61.2 Å². The molecule has 64 valence electrons. The highest BCUT2D eigenvalue weighted by atomic mass is 16.5. The van der Waals surface area contributed by atoms with E-state index in [0.29, 0.717) is 6.29 Å². The largest absolute Gasteiger partial charge is 0.464 e. The van der Waals surface area contributed by atoms with Gasteiger partial charge in [0, 0.05) is 13.2 Å². The Morgan fingerprint density at radius 3 is 2.92 bits per heavy atom. The molecule has 0 atom stereocenters. The van der Waals surface area contributed by atoms with E-state index in [9.17, 15) is 9.59 Å². The van der Waals surface area contributed by atoms with Crippen LogP contribution in [0, 0.1) is 0 Å². The van der Waals surface area contributed by atoms with Crippen LogP contribution in [-0.4, -0.2) is 29.1 Å². The second-order valence-corrected chi connectivity index (χ2v) is 2.22. The van der Waals surface area contributed by atoms with Gasteiger partial charge in [-0.15, -0.1) is 0 Å². The summed E-state index contributed by atoms with van der Waals surface area (Å²) in [5, 5.41) is 3.76. The molecule has 0 fully saturated rings. The molecule has 0 amide bonds. The van der Waals surface area contributed by atoms with Crippen molar-refractivity contribution in [2.24, 2.45) is 7.05 Å². The maximum Gasteiger partial charge on any atom is 0.359 e. The third-order valence-electron chi connectivity index (χ3n) is 1.36. The number of carbonyl (C=O) groups is 2. The first-order valence-electron chi connectivity index (χ1n) is 3.26. The Labute approximate surface area is 68.9 Å². The molecular weight excluding hydrogens is 160 g/mol. The third-order valence-corrected chi connectivity index (χ3v) is 1.36. The molecule has 0 saturated heterocycles. The average Bonchev–Trinajstić information content (AvgIpc) is 2.45. The van der Waals surface area contributed by atoms with Crippen molar-refractivity contribution in [1.82, 2.24) is 9.78 Å². The molecule has 0 radical (unpaired) electrons. The van der Waals surface area contributed by atoms with Crippen molar-refractivity contribution in [3.63, 3.8) is 0 Å². The van der Waals surface area contributed by atoms with E-state index in [-0.39, 0.29) is 11.3 Å². The number of hydrogen-bond donors (Lipinski definition) is 0. The summed E-state index contributed by atoms with van der Waals surface area (Å²) < 4.78 is 5.80. The van der Waals surface area contributed by atoms with E-state index in [1.807, 2.05) is 0 Å². The van der Waals surface area contributed by atoms with Crippen molar-refractivity contribution in [2.45, 2.75) is 0 Å². The van der Waals surface area contributed by atoms with Crippen molar-refractivity contribution in [1.29, 1.82) is 0 Å². The van der Waals surface area contributed by atoms with Crippen LogP contribution in [0.25, 0.3) is 0 Å². The summed E-state index contributed by atoms with van der Waals surface area (Å²) in [6, 6.07) is 0. The highest BCUT2D eigenvalue weighted by Crippen LogP contribution is 2.03. The van der Waals surface area contributed by atoms with Gasteiger partial charge in [-0.2, -0.15) is 5.10 Å². The van der Waals surface area contributed by atoms with Crippen LogP contribution >= 0.6 is 0 Å². The molecular formula is C7H8N2O3. The van der Waals surface area contributed by atoms with E-state index in [4.69, 9.17) is 0 Å². The van der Waals surface area contributed by atoms with Crippen LogP contribution in [0.2, 0.25) is 0 Å². The minimum Gasteiger partial charge on any atom is -0.464 e. The Morgan fingerprint density at radius 1 is 1.75 bits per heavy atom. The minimum absolute atomic E-state index is 0.0509. The lowest BCUT2D eigenvalue weighted by Crippen LogP contribution is -2.05.